The van der Waals surface area contributed by atoms with Crippen LogP contribution in [-0.2, 0) is 4.79 Å². The zero-order valence-corrected chi connectivity index (χ0v) is 11.0. The van der Waals surface area contributed by atoms with Crippen LogP contribution in [0, 0.1) is 23.2 Å². The fraction of sp³-hybridized carbons (Fsp3) is 0.800. The first-order chi connectivity index (χ1) is 7.99. The number of rotatable bonds is 2. The number of carbonyl (C=O) groups is 1. The zero-order chi connectivity index (χ0) is 12.6. The lowest BCUT2D eigenvalue weighted by molar-refractivity contribution is -0.130. The van der Waals surface area contributed by atoms with Crippen LogP contribution in [0.4, 0.5) is 0 Å². The van der Waals surface area contributed by atoms with Gasteiger partial charge in [-0.1, -0.05) is 19.1 Å². The molecule has 0 bridgehead atoms. The van der Waals surface area contributed by atoms with Gasteiger partial charge in [-0.05, 0) is 49.4 Å². The van der Waals surface area contributed by atoms with Crippen molar-refractivity contribution in [1.82, 2.24) is 0 Å². The molecule has 0 aromatic carbocycles. The molecule has 96 valence electrons. The Balaban J connectivity index is 2.22. The summed E-state index contributed by atoms with van der Waals surface area (Å²) < 4.78 is 0. The molecule has 0 aliphatic heterocycles. The van der Waals surface area contributed by atoms with Crippen LogP contribution in [0.3, 0.4) is 0 Å². The van der Waals surface area contributed by atoms with Gasteiger partial charge in [0, 0.05) is 19.4 Å². The summed E-state index contributed by atoms with van der Waals surface area (Å²) in [5, 5.41) is 9.60. The summed E-state index contributed by atoms with van der Waals surface area (Å²) in [7, 11) is 0. The van der Waals surface area contributed by atoms with Crippen LogP contribution in [0.25, 0.3) is 0 Å². The Bertz CT molecular complexity index is 334. The molecule has 0 aromatic rings. The third kappa shape index (κ3) is 2.08. The van der Waals surface area contributed by atoms with Crippen LogP contribution < -0.4 is 0 Å². The summed E-state index contributed by atoms with van der Waals surface area (Å²) in [6.07, 6.45) is 4.76. The van der Waals surface area contributed by atoms with E-state index < -0.39 is 0 Å². The number of hydrogen-bond acceptors (Lipinski definition) is 2. The average molecular weight is 236 g/mol. The molecule has 0 unspecified atom stereocenters. The molecule has 2 fully saturated rings. The number of ketones is 1. The maximum atomic E-state index is 11.7. The topological polar surface area (TPSA) is 37.3 Å². The molecule has 2 aliphatic rings. The Kier molecular flexibility index (Phi) is 3.44. The lowest BCUT2D eigenvalue weighted by Gasteiger charge is -2.45. The van der Waals surface area contributed by atoms with Crippen molar-refractivity contribution < 1.29 is 9.90 Å². The monoisotopic (exact) mass is 236 g/mol. The van der Waals surface area contributed by atoms with E-state index in [2.05, 4.69) is 20.4 Å². The van der Waals surface area contributed by atoms with Crippen LogP contribution in [0.5, 0.6) is 0 Å². The second-order valence-electron chi connectivity index (χ2n) is 6.25. The lowest BCUT2D eigenvalue weighted by Crippen LogP contribution is -2.43. The van der Waals surface area contributed by atoms with Gasteiger partial charge in [0.25, 0.3) is 0 Å². The van der Waals surface area contributed by atoms with E-state index in [9.17, 15) is 9.90 Å². The first-order valence-electron chi connectivity index (χ1n) is 6.77. The largest absolute Gasteiger partial charge is 0.396 e. The maximum Gasteiger partial charge on any atom is 0.133 e. The molecule has 0 radical (unpaired) electrons. The minimum absolute atomic E-state index is 0.166. The van der Waals surface area contributed by atoms with Crippen molar-refractivity contribution in [2.75, 3.05) is 6.61 Å². The molecule has 2 heteroatoms. The third-order valence-corrected chi connectivity index (χ3v) is 5.30. The number of aliphatic hydroxyl groups excluding tert-OH is 1. The minimum atomic E-state index is 0.166. The summed E-state index contributed by atoms with van der Waals surface area (Å²) in [6.45, 7) is 8.54. The van der Waals surface area contributed by atoms with Gasteiger partial charge < -0.3 is 5.11 Å². The van der Waals surface area contributed by atoms with Crippen LogP contribution in [-0.4, -0.2) is 17.5 Å². The van der Waals surface area contributed by atoms with E-state index in [1.807, 2.05) is 0 Å². The van der Waals surface area contributed by atoms with E-state index in [-0.39, 0.29) is 17.9 Å². The van der Waals surface area contributed by atoms with Crippen molar-refractivity contribution in [3.8, 4) is 0 Å². The van der Waals surface area contributed by atoms with E-state index in [1.165, 1.54) is 12.0 Å². The molecule has 1 N–H and O–H groups in total. The lowest BCUT2D eigenvalue weighted by atomic mass is 9.59. The van der Waals surface area contributed by atoms with E-state index >= 15 is 0 Å². The maximum absolute atomic E-state index is 11.7. The molecular weight excluding hydrogens is 212 g/mol. The fourth-order valence-corrected chi connectivity index (χ4v) is 4.10. The van der Waals surface area contributed by atoms with Gasteiger partial charge in [0.15, 0.2) is 0 Å². The van der Waals surface area contributed by atoms with Crippen molar-refractivity contribution in [1.29, 1.82) is 0 Å². The summed E-state index contributed by atoms with van der Waals surface area (Å²) in [4.78, 5) is 11.7. The highest BCUT2D eigenvalue weighted by Crippen LogP contribution is 2.57. The first kappa shape index (κ1) is 12.8. The average Bonchev–Trinajstić information content (AvgIpc) is 2.70. The highest BCUT2D eigenvalue weighted by molar-refractivity contribution is 5.80. The summed E-state index contributed by atoms with van der Waals surface area (Å²) in [5.41, 5.74) is 1.47. The Labute approximate surface area is 104 Å². The molecule has 1 spiro atoms. The van der Waals surface area contributed by atoms with Crippen molar-refractivity contribution in [2.24, 2.45) is 23.2 Å². The molecule has 4 atom stereocenters. The normalized spacial score (nSPS) is 42.1. The molecule has 2 rings (SSSR count). The molecule has 2 aliphatic carbocycles. The van der Waals surface area contributed by atoms with Crippen LogP contribution in [0.2, 0.25) is 0 Å². The fourth-order valence-electron chi connectivity index (χ4n) is 4.10. The number of hydrogen-bond donors (Lipinski definition) is 1. The van der Waals surface area contributed by atoms with Crippen LogP contribution >= 0.6 is 0 Å². The second-order valence-corrected chi connectivity index (χ2v) is 6.25. The Morgan fingerprint density at radius 3 is 2.76 bits per heavy atom. The van der Waals surface area contributed by atoms with Crippen LogP contribution in [0.1, 0.15) is 46.0 Å². The van der Waals surface area contributed by atoms with Gasteiger partial charge in [-0.15, -0.1) is 0 Å². The Hall–Kier alpha value is -0.630. The number of allylic oxidation sites excluding steroid dienone is 1. The standard InChI is InChI=1S/C15H24O2/c1-10(2)12-4-5-15(8-12)11(3)6-14(17)7-13(15)9-16/h11-13,16H,1,4-9H2,2-3H3/t11-,12-,13+,15+/m1/s1. The van der Waals surface area contributed by atoms with Gasteiger partial charge in [-0.2, -0.15) is 0 Å². The molecule has 2 nitrogen and oxygen atoms in total. The number of carbonyl (C=O) groups excluding carboxylic acids is 1. The smallest absolute Gasteiger partial charge is 0.133 e. The Morgan fingerprint density at radius 2 is 2.24 bits per heavy atom. The number of Topliss-reactive ketones (excluding diaryl/α,β-unsaturated/α-hetero) is 1. The first-order valence-corrected chi connectivity index (χ1v) is 6.77. The van der Waals surface area contributed by atoms with Crippen molar-refractivity contribution in [3.63, 3.8) is 0 Å². The second kappa shape index (κ2) is 4.56. The zero-order valence-electron chi connectivity index (χ0n) is 11.0. The molecule has 2 saturated carbocycles. The van der Waals surface area contributed by atoms with Crippen LogP contribution in [0.15, 0.2) is 12.2 Å². The van der Waals surface area contributed by atoms with E-state index in [0.717, 1.165) is 12.8 Å². The SMILES string of the molecule is C=C(C)[C@@H]1CC[C@@]2(C1)[C@H](CO)CC(=O)C[C@H]2C. The molecule has 0 aromatic heterocycles. The van der Waals surface area contributed by atoms with E-state index in [1.54, 1.807) is 0 Å². The summed E-state index contributed by atoms with van der Waals surface area (Å²) in [5.74, 6) is 1.54. The number of aliphatic hydroxyl groups is 1. The quantitative estimate of drug-likeness (QED) is 0.748. The van der Waals surface area contributed by atoms with Gasteiger partial charge in [0.1, 0.15) is 5.78 Å². The minimum Gasteiger partial charge on any atom is -0.396 e. The Morgan fingerprint density at radius 1 is 1.53 bits per heavy atom. The third-order valence-electron chi connectivity index (χ3n) is 5.30. The predicted molar refractivity (Wildman–Crippen MR) is 68.6 cm³/mol. The molecular formula is C15H24O2. The summed E-state index contributed by atoms with van der Waals surface area (Å²) >= 11 is 0. The molecule has 17 heavy (non-hydrogen) atoms. The van der Waals surface area contributed by atoms with E-state index in [0.29, 0.717) is 30.5 Å². The highest BCUT2D eigenvalue weighted by atomic mass is 16.3. The van der Waals surface area contributed by atoms with Gasteiger partial charge >= 0.3 is 0 Å². The van der Waals surface area contributed by atoms with Crippen molar-refractivity contribution in [3.05, 3.63) is 12.2 Å². The predicted octanol–water partition coefficient (Wildman–Crippen LogP) is 2.96. The van der Waals surface area contributed by atoms with Gasteiger partial charge in [-0.3, -0.25) is 4.79 Å². The van der Waals surface area contributed by atoms with Crippen molar-refractivity contribution in [2.45, 2.75) is 46.0 Å². The molecule has 0 saturated heterocycles. The van der Waals surface area contributed by atoms with E-state index in [4.69, 9.17) is 0 Å². The van der Waals surface area contributed by atoms with Gasteiger partial charge in [0.05, 0.1) is 0 Å². The van der Waals surface area contributed by atoms with Gasteiger partial charge in [-0.25, -0.2) is 0 Å². The molecule has 0 heterocycles. The van der Waals surface area contributed by atoms with Crippen molar-refractivity contribution >= 4 is 5.78 Å². The highest BCUT2D eigenvalue weighted by Gasteiger charge is 2.51. The molecule has 0 amide bonds. The summed E-state index contributed by atoms with van der Waals surface area (Å²) in [6, 6.07) is 0. The van der Waals surface area contributed by atoms with Gasteiger partial charge in [0.2, 0.25) is 0 Å².